The maximum absolute atomic E-state index is 10.7. The average Bonchev–Trinajstić information content (AvgIpc) is 2.26. The minimum Gasteiger partial charge on any atom is -0.478 e. The Morgan fingerprint density at radius 3 is 1.89 bits per heavy atom. The van der Waals surface area contributed by atoms with Gasteiger partial charge in [-0.1, -0.05) is 30.3 Å². The molecule has 0 saturated carbocycles. The van der Waals surface area contributed by atoms with Gasteiger partial charge in [0.1, 0.15) is 0 Å². The van der Waals surface area contributed by atoms with E-state index in [1.165, 1.54) is 0 Å². The molecule has 0 radical (unpaired) electrons. The summed E-state index contributed by atoms with van der Waals surface area (Å²) in [5.41, 5.74) is -4.64. The molecule has 1 rings (SSSR count). The molecule has 19 heavy (non-hydrogen) atoms. The summed E-state index contributed by atoms with van der Waals surface area (Å²) in [6, 6.07) is 9.31. The van der Waals surface area contributed by atoms with Crippen molar-refractivity contribution < 1.29 is 36.0 Å². The summed E-state index contributed by atoms with van der Waals surface area (Å²) >= 11 is 0. The van der Waals surface area contributed by atoms with Crippen LogP contribution in [0.1, 0.15) is 5.56 Å². The van der Waals surface area contributed by atoms with Crippen molar-refractivity contribution in [2.75, 3.05) is 0 Å². The summed E-state index contributed by atoms with van der Waals surface area (Å²) in [4.78, 5) is 10.1. The molecule has 1 aromatic carbocycles. The quantitative estimate of drug-likeness (QED) is 0.496. The van der Waals surface area contributed by atoms with Crippen molar-refractivity contribution in [2.45, 2.75) is 5.51 Å². The number of halogens is 3. The molecule has 9 heteroatoms. The van der Waals surface area contributed by atoms with Crippen molar-refractivity contribution in [3.63, 3.8) is 0 Å². The van der Waals surface area contributed by atoms with E-state index in [2.05, 4.69) is 0 Å². The van der Waals surface area contributed by atoms with Crippen LogP contribution in [0.2, 0.25) is 0 Å². The lowest BCUT2D eigenvalue weighted by atomic mass is 10.2. The second kappa shape index (κ2) is 6.90. The van der Waals surface area contributed by atoms with Gasteiger partial charge in [-0.25, -0.2) is 4.79 Å². The Bertz CT molecular complexity index is 534. The SMILES string of the molecule is O=C(O)C=Cc1ccccc1.O=S(=O)(O)C(F)(F)F. The number of carboxylic acids is 1. The first-order chi connectivity index (χ1) is 8.54. The number of alkyl halides is 3. The summed E-state index contributed by atoms with van der Waals surface area (Å²) in [5.74, 6) is -0.922. The van der Waals surface area contributed by atoms with Gasteiger partial charge < -0.3 is 5.11 Å². The second-order valence-electron chi connectivity index (χ2n) is 3.00. The maximum atomic E-state index is 10.7. The van der Waals surface area contributed by atoms with E-state index in [1.54, 1.807) is 6.08 Å². The van der Waals surface area contributed by atoms with E-state index in [0.29, 0.717) is 0 Å². The predicted molar refractivity (Wildman–Crippen MR) is 60.7 cm³/mol. The molecule has 106 valence electrons. The summed E-state index contributed by atoms with van der Waals surface area (Å²) in [5, 5.41) is 8.29. The molecule has 2 N–H and O–H groups in total. The van der Waals surface area contributed by atoms with E-state index >= 15 is 0 Å². The topological polar surface area (TPSA) is 91.7 Å². The Hall–Kier alpha value is -1.87. The Morgan fingerprint density at radius 1 is 1.16 bits per heavy atom. The molecule has 0 fully saturated rings. The van der Waals surface area contributed by atoms with Crippen molar-refractivity contribution >= 4 is 22.2 Å². The van der Waals surface area contributed by atoms with Gasteiger partial charge in [-0.3, -0.25) is 4.55 Å². The van der Waals surface area contributed by atoms with Gasteiger partial charge in [0.2, 0.25) is 0 Å². The van der Waals surface area contributed by atoms with Gasteiger partial charge in [0.25, 0.3) is 0 Å². The van der Waals surface area contributed by atoms with Crippen molar-refractivity contribution in [1.82, 2.24) is 0 Å². The fourth-order valence-corrected chi connectivity index (χ4v) is 0.732. The van der Waals surface area contributed by atoms with Crippen LogP contribution in [0, 0.1) is 0 Å². The highest BCUT2D eigenvalue weighted by atomic mass is 32.2. The molecule has 0 heterocycles. The third-order valence-corrected chi connectivity index (χ3v) is 2.10. The zero-order valence-corrected chi connectivity index (χ0v) is 10.0. The third kappa shape index (κ3) is 7.95. The normalized spacial score (nSPS) is 11.8. The summed E-state index contributed by atoms with van der Waals surface area (Å²) < 4.78 is 57.5. The van der Waals surface area contributed by atoms with E-state index in [-0.39, 0.29) is 0 Å². The van der Waals surface area contributed by atoms with Crippen LogP contribution in [0.4, 0.5) is 13.2 Å². The van der Waals surface area contributed by atoms with Crippen LogP contribution in [0.3, 0.4) is 0 Å². The van der Waals surface area contributed by atoms with Gasteiger partial charge in [0.05, 0.1) is 0 Å². The number of rotatable bonds is 2. The van der Waals surface area contributed by atoms with Crippen LogP contribution in [0.5, 0.6) is 0 Å². The molecular weight excluding hydrogens is 289 g/mol. The highest BCUT2D eigenvalue weighted by molar-refractivity contribution is 7.86. The number of carbonyl (C=O) groups is 1. The highest BCUT2D eigenvalue weighted by Crippen LogP contribution is 2.20. The summed E-state index contributed by atoms with van der Waals surface area (Å²) in [6.07, 6.45) is 2.68. The van der Waals surface area contributed by atoms with Crippen molar-refractivity contribution in [3.8, 4) is 0 Å². The van der Waals surface area contributed by atoms with Crippen LogP contribution in [0.15, 0.2) is 36.4 Å². The standard InChI is InChI=1S/C9H8O2.CHF3O3S/c10-9(11)7-6-8-4-2-1-3-5-8;2-1(3,4)8(5,6)7/h1-7H,(H,10,11);(H,5,6,7). The number of benzene rings is 1. The van der Waals surface area contributed by atoms with E-state index in [1.807, 2.05) is 30.3 Å². The lowest BCUT2D eigenvalue weighted by molar-refractivity contribution is -0.131. The monoisotopic (exact) mass is 298 g/mol. The molecular formula is C10H9F3O5S. The van der Waals surface area contributed by atoms with Gasteiger partial charge >= 0.3 is 21.6 Å². The Morgan fingerprint density at radius 2 is 1.58 bits per heavy atom. The fourth-order valence-electron chi connectivity index (χ4n) is 0.732. The van der Waals surface area contributed by atoms with Crippen molar-refractivity contribution in [1.29, 1.82) is 0 Å². The van der Waals surface area contributed by atoms with Gasteiger partial charge in [0.15, 0.2) is 0 Å². The summed E-state index contributed by atoms with van der Waals surface area (Å²) in [7, 11) is -5.84. The first kappa shape index (κ1) is 17.1. The summed E-state index contributed by atoms with van der Waals surface area (Å²) in [6.45, 7) is 0. The van der Waals surface area contributed by atoms with Gasteiger partial charge in [-0.05, 0) is 11.6 Å². The van der Waals surface area contributed by atoms with Crippen LogP contribution in [-0.2, 0) is 14.9 Å². The Kier molecular flexibility index (Phi) is 6.22. The van der Waals surface area contributed by atoms with E-state index in [9.17, 15) is 18.0 Å². The molecule has 0 bridgehead atoms. The highest BCUT2D eigenvalue weighted by Gasteiger charge is 2.44. The molecule has 0 atom stereocenters. The molecule has 1 aromatic rings. The maximum Gasteiger partial charge on any atom is 0.522 e. The van der Waals surface area contributed by atoms with Crippen molar-refractivity contribution in [2.24, 2.45) is 0 Å². The molecule has 0 amide bonds. The molecule has 0 spiro atoms. The molecule has 0 aliphatic carbocycles. The minimum absolute atomic E-state index is 0.898. The lowest BCUT2D eigenvalue weighted by Crippen LogP contribution is -2.21. The minimum atomic E-state index is -5.84. The predicted octanol–water partition coefficient (Wildman–Crippen LogP) is 2.18. The third-order valence-electron chi connectivity index (χ3n) is 1.51. The number of hydrogen-bond donors (Lipinski definition) is 2. The lowest BCUT2D eigenvalue weighted by Gasteiger charge is -1.97. The molecule has 0 aromatic heterocycles. The second-order valence-corrected chi connectivity index (χ2v) is 4.42. The smallest absolute Gasteiger partial charge is 0.478 e. The number of aliphatic carboxylic acids is 1. The molecule has 0 aliphatic heterocycles. The number of carboxylic acid groups (broad SMARTS) is 1. The van der Waals surface area contributed by atoms with E-state index in [4.69, 9.17) is 18.1 Å². The van der Waals surface area contributed by atoms with Gasteiger partial charge in [0, 0.05) is 6.08 Å². The Labute approximate surface area is 106 Å². The zero-order valence-electron chi connectivity index (χ0n) is 9.20. The zero-order chi connectivity index (χ0) is 15.1. The van der Waals surface area contributed by atoms with Crippen molar-refractivity contribution in [3.05, 3.63) is 42.0 Å². The van der Waals surface area contributed by atoms with Gasteiger partial charge in [-0.15, -0.1) is 0 Å². The number of hydrogen-bond acceptors (Lipinski definition) is 3. The first-order valence-electron chi connectivity index (χ1n) is 4.54. The van der Waals surface area contributed by atoms with Crippen LogP contribution < -0.4 is 0 Å². The van der Waals surface area contributed by atoms with E-state index in [0.717, 1.165) is 11.6 Å². The molecule has 5 nitrogen and oxygen atoms in total. The Balaban J connectivity index is 0.000000362. The first-order valence-corrected chi connectivity index (χ1v) is 5.98. The van der Waals surface area contributed by atoms with E-state index < -0.39 is 21.6 Å². The average molecular weight is 298 g/mol. The van der Waals surface area contributed by atoms with Crippen LogP contribution in [-0.4, -0.2) is 29.6 Å². The molecule has 0 saturated heterocycles. The molecule has 0 aliphatic rings. The largest absolute Gasteiger partial charge is 0.522 e. The van der Waals surface area contributed by atoms with Crippen LogP contribution >= 0.6 is 0 Å². The van der Waals surface area contributed by atoms with Crippen LogP contribution in [0.25, 0.3) is 6.08 Å². The van der Waals surface area contributed by atoms with Gasteiger partial charge in [-0.2, -0.15) is 21.6 Å². The molecule has 0 unspecified atom stereocenters. The fraction of sp³-hybridized carbons (Fsp3) is 0.100.